The van der Waals surface area contributed by atoms with E-state index < -0.39 is 155 Å². The maximum atomic E-state index is 14.6. The van der Waals surface area contributed by atoms with Crippen molar-refractivity contribution in [1.29, 1.82) is 0 Å². The predicted octanol–water partition coefficient (Wildman–Crippen LogP) is -0.569. The Bertz CT molecular complexity index is 1880. The highest BCUT2D eigenvalue weighted by molar-refractivity contribution is 5.86. The number of carbonyl (C=O) groups excluding carboxylic acids is 1. The second kappa shape index (κ2) is 16.5. The van der Waals surface area contributed by atoms with Gasteiger partial charge in [-0.3, -0.25) is 4.79 Å². The Labute approximate surface area is 385 Å². The fourth-order valence-electron chi connectivity index (χ4n) is 14.9. The summed E-state index contributed by atoms with van der Waals surface area (Å²) >= 11 is 0. The lowest BCUT2D eigenvalue weighted by molar-refractivity contribution is -0.380. The molecule has 1 spiro atoms. The van der Waals surface area contributed by atoms with Crippen molar-refractivity contribution in [3.05, 3.63) is 11.6 Å². The van der Waals surface area contributed by atoms with Gasteiger partial charge in [-0.05, 0) is 107 Å². The molecule has 5 unspecified atom stereocenters. The van der Waals surface area contributed by atoms with Gasteiger partial charge in [-0.15, -0.1) is 0 Å². The minimum absolute atomic E-state index is 0.0255. The zero-order valence-electron chi connectivity index (χ0n) is 39.3. The molecule has 0 aromatic carbocycles. The normalized spacial score (nSPS) is 56.4. The van der Waals surface area contributed by atoms with Crippen molar-refractivity contribution in [1.82, 2.24) is 0 Å². The Morgan fingerprint density at radius 3 is 2.03 bits per heavy atom. The van der Waals surface area contributed by atoms with Crippen LogP contribution in [0.25, 0.3) is 0 Å². The van der Waals surface area contributed by atoms with Gasteiger partial charge in [0.05, 0.1) is 37.1 Å². The van der Waals surface area contributed by atoms with Crippen LogP contribution in [0, 0.1) is 33.5 Å². The molecular weight excluding hydrogens is 868 g/mol. The van der Waals surface area contributed by atoms with Crippen LogP contribution in [0.4, 0.5) is 0 Å². The Morgan fingerprint density at radius 1 is 0.712 bits per heavy atom. The van der Waals surface area contributed by atoms with E-state index in [0.717, 1.165) is 18.4 Å². The molecule has 4 aliphatic carbocycles. The van der Waals surface area contributed by atoms with Crippen molar-refractivity contribution in [2.24, 2.45) is 33.5 Å². The van der Waals surface area contributed by atoms with E-state index >= 15 is 0 Å². The van der Waals surface area contributed by atoms with Crippen LogP contribution < -0.4 is 0 Å². The average Bonchev–Trinajstić information content (AvgIpc) is 3.83. The van der Waals surface area contributed by atoms with Gasteiger partial charge in [-0.25, -0.2) is 0 Å². The second-order valence-corrected chi connectivity index (χ2v) is 23.0. The molecule has 0 bridgehead atoms. The molecule has 5 aliphatic heterocycles. The molecule has 0 aromatic heterocycles. The molecule has 8 fully saturated rings. The van der Waals surface area contributed by atoms with Crippen molar-refractivity contribution in [3.63, 3.8) is 0 Å². The van der Waals surface area contributed by atoms with Gasteiger partial charge in [0.25, 0.3) is 0 Å². The van der Waals surface area contributed by atoms with E-state index in [0.29, 0.717) is 32.1 Å². The number of esters is 1. The summed E-state index contributed by atoms with van der Waals surface area (Å²) in [5.74, 6) is -0.747. The number of aliphatic hydroxyl groups excluding tert-OH is 9. The molecule has 9 aliphatic rings. The molecule has 66 heavy (non-hydrogen) atoms. The first kappa shape index (κ1) is 49.5. The summed E-state index contributed by atoms with van der Waals surface area (Å²) in [6.07, 6.45) is -17.2. The Hall–Kier alpha value is -1.47. The van der Waals surface area contributed by atoms with E-state index in [9.17, 15) is 55.9 Å². The van der Waals surface area contributed by atoms with Gasteiger partial charge in [0.15, 0.2) is 24.5 Å². The number of hydrogen-bond acceptors (Lipinski definition) is 19. The first-order chi connectivity index (χ1) is 30.7. The molecule has 5 heterocycles. The number of rotatable bonds is 8. The molecular formula is C47H74O19. The molecule has 5 saturated heterocycles. The molecule has 0 aromatic rings. The number of aliphatic hydroxyl groups is 10. The Kier molecular flexibility index (Phi) is 12.4. The SMILES string of the molecule is C[C@H]1O[C@@H](O[C@H]2[C@H](OC3CC[C@]4(C)C5=C[C@H](O)C67C(=O)O[C@@](C)(C8CCC(C)(C)O8)[C@@]6(O)CC[C@@]7(C)C5CCC4C3(C)C)OC[C@@H](O[C@@H]3O[C@H](CO)[C@@H](O)[C@H](O)[C@H]3O)[C@@H]2O)[C@H](O)[C@@H](O)[C@@H]1O. The van der Waals surface area contributed by atoms with Crippen LogP contribution in [-0.4, -0.2) is 191 Å². The van der Waals surface area contributed by atoms with Crippen LogP contribution in [0.2, 0.25) is 0 Å². The molecule has 376 valence electrons. The summed E-state index contributed by atoms with van der Waals surface area (Å²) in [7, 11) is 0. The van der Waals surface area contributed by atoms with Crippen molar-refractivity contribution < 1.29 is 93.8 Å². The van der Waals surface area contributed by atoms with E-state index in [1.54, 1.807) is 6.92 Å². The summed E-state index contributed by atoms with van der Waals surface area (Å²) in [5.41, 5.74) is -5.92. The summed E-state index contributed by atoms with van der Waals surface area (Å²) in [4.78, 5) is 14.6. The van der Waals surface area contributed by atoms with Crippen molar-refractivity contribution in [2.45, 2.75) is 228 Å². The standard InChI is InChI=1S/C47H74O19/c1-20-29(50)32(53)34(55)37(60-20)64-36-31(52)24(62-38-35(56)33(54)30(51)23(18-48)61-38)19-59-39(36)63-27-12-14-43(6)22-17-26(49)47-40(57)66-45(8,28-11-13-41(2,3)65-28)46(47,58)16-15-44(47,7)21(22)9-10-25(43)42(27,4)5/h17,20-21,23-39,48-56,58H,9-16,18-19H2,1-8H3/t20-,21?,23-,24-,25?,26+,27?,28?,29-,30-,31+,32+,33+,34-,35-,36-,37+,38+,39+,43-,44+,45+,46+,47?/m1/s1. The number of hydrogen-bond donors (Lipinski definition) is 10. The fourth-order valence-corrected chi connectivity index (χ4v) is 14.9. The first-order valence-electron chi connectivity index (χ1n) is 24.0. The number of carbonyl (C=O) groups is 1. The van der Waals surface area contributed by atoms with Gasteiger partial charge in [-0.2, -0.15) is 0 Å². The maximum Gasteiger partial charge on any atom is 0.319 e. The number of ether oxygens (including phenoxy) is 8. The number of fused-ring (bicyclic) bond motifs is 4. The van der Waals surface area contributed by atoms with E-state index in [4.69, 9.17) is 37.9 Å². The van der Waals surface area contributed by atoms with Crippen molar-refractivity contribution in [2.75, 3.05) is 13.2 Å². The summed E-state index contributed by atoms with van der Waals surface area (Å²) < 4.78 is 49.3. The van der Waals surface area contributed by atoms with E-state index in [1.165, 1.54) is 6.92 Å². The highest BCUT2D eigenvalue weighted by atomic mass is 16.8. The third-order valence-electron chi connectivity index (χ3n) is 18.8. The summed E-state index contributed by atoms with van der Waals surface area (Å²) in [6, 6.07) is 0. The minimum Gasteiger partial charge on any atom is -0.453 e. The van der Waals surface area contributed by atoms with Gasteiger partial charge < -0.3 is 89.0 Å². The third kappa shape index (κ3) is 6.80. The minimum atomic E-state index is -1.78. The van der Waals surface area contributed by atoms with Crippen LogP contribution in [0.1, 0.15) is 107 Å². The Morgan fingerprint density at radius 2 is 1.38 bits per heavy atom. The monoisotopic (exact) mass is 942 g/mol. The molecule has 19 heteroatoms. The summed E-state index contributed by atoms with van der Waals surface area (Å²) in [5, 5.41) is 111. The van der Waals surface area contributed by atoms with Crippen LogP contribution in [-0.2, 0) is 42.7 Å². The zero-order valence-corrected chi connectivity index (χ0v) is 39.3. The second-order valence-electron chi connectivity index (χ2n) is 23.0. The lowest BCUT2D eigenvalue weighted by Crippen LogP contribution is -2.69. The van der Waals surface area contributed by atoms with Crippen LogP contribution in [0.15, 0.2) is 11.6 Å². The summed E-state index contributed by atoms with van der Waals surface area (Å²) in [6.45, 7) is 14.7. The molecule has 0 radical (unpaired) electrons. The maximum absolute atomic E-state index is 14.6. The van der Waals surface area contributed by atoms with E-state index in [2.05, 4.69) is 27.7 Å². The largest absolute Gasteiger partial charge is 0.453 e. The molecule has 24 atom stereocenters. The number of cyclic esters (lactones) is 1. The zero-order chi connectivity index (χ0) is 48.1. The fraction of sp³-hybridized carbons (Fsp3) is 0.936. The molecule has 10 N–H and O–H groups in total. The molecule has 3 saturated carbocycles. The van der Waals surface area contributed by atoms with Crippen LogP contribution in [0.3, 0.4) is 0 Å². The van der Waals surface area contributed by atoms with Crippen LogP contribution in [0.5, 0.6) is 0 Å². The highest BCUT2D eigenvalue weighted by Crippen LogP contribution is 2.77. The van der Waals surface area contributed by atoms with E-state index in [1.807, 2.05) is 19.9 Å². The lowest BCUT2D eigenvalue weighted by Gasteiger charge is -2.64. The number of allylic oxidation sites excluding steroid dienone is 1. The van der Waals surface area contributed by atoms with Gasteiger partial charge in [-0.1, -0.05) is 39.3 Å². The van der Waals surface area contributed by atoms with Gasteiger partial charge in [0.2, 0.25) is 0 Å². The quantitative estimate of drug-likeness (QED) is 0.0828. The van der Waals surface area contributed by atoms with Gasteiger partial charge >= 0.3 is 5.97 Å². The predicted molar refractivity (Wildman–Crippen MR) is 225 cm³/mol. The third-order valence-corrected chi connectivity index (χ3v) is 18.8. The molecule has 9 rings (SSSR count). The van der Waals surface area contributed by atoms with Crippen molar-refractivity contribution in [3.8, 4) is 0 Å². The first-order valence-corrected chi connectivity index (χ1v) is 24.0. The molecule has 19 nitrogen and oxygen atoms in total. The smallest absolute Gasteiger partial charge is 0.319 e. The van der Waals surface area contributed by atoms with Crippen molar-refractivity contribution >= 4 is 5.97 Å². The average molecular weight is 943 g/mol. The topological polar surface area (TPSA) is 293 Å². The van der Waals surface area contributed by atoms with Gasteiger partial charge in [0.1, 0.15) is 78.2 Å². The van der Waals surface area contributed by atoms with Gasteiger partial charge in [0, 0.05) is 0 Å². The van der Waals surface area contributed by atoms with E-state index in [-0.39, 0.29) is 24.9 Å². The Balaban J connectivity index is 0.973. The molecule has 0 amide bonds. The lowest BCUT2D eigenvalue weighted by atomic mass is 9.40. The van der Waals surface area contributed by atoms with Crippen LogP contribution >= 0.6 is 0 Å². The highest BCUT2D eigenvalue weighted by Gasteiger charge is 2.87.